The number of hydrogen-bond acceptors (Lipinski definition) is 4. The Hall–Kier alpha value is -1.33. The second kappa shape index (κ2) is 5.58. The average Bonchev–Trinajstić information content (AvgIpc) is 3.09. The molecule has 1 aromatic heterocycles. The topological polar surface area (TPSA) is 51.9 Å². The first kappa shape index (κ1) is 13.6. The van der Waals surface area contributed by atoms with Gasteiger partial charge in [0.2, 0.25) is 5.91 Å². The second-order valence-electron chi connectivity index (χ2n) is 5.73. The number of rotatable bonds is 3. The fourth-order valence-corrected chi connectivity index (χ4v) is 3.22. The Kier molecular flexibility index (Phi) is 3.81. The van der Waals surface area contributed by atoms with Gasteiger partial charge in [-0.05, 0) is 25.0 Å². The quantitative estimate of drug-likeness (QED) is 0.843. The number of carbonyl (C=O) groups excluding carboxylic acids is 1. The number of ether oxygens (including phenoxy) is 2. The largest absolute Gasteiger partial charge is 0.469 e. The predicted octanol–water partition coefficient (Wildman–Crippen LogP) is 1.62. The third-order valence-electron chi connectivity index (χ3n) is 4.31. The molecule has 1 aromatic rings. The van der Waals surface area contributed by atoms with Gasteiger partial charge in [-0.15, -0.1) is 0 Å². The maximum absolute atomic E-state index is 12.3. The van der Waals surface area contributed by atoms with Crippen LogP contribution in [-0.4, -0.2) is 49.3 Å². The maximum atomic E-state index is 12.3. The molecule has 3 rings (SSSR count). The van der Waals surface area contributed by atoms with E-state index in [4.69, 9.17) is 13.9 Å². The minimum atomic E-state index is -0.197. The molecule has 1 spiro atoms. The van der Waals surface area contributed by atoms with Crippen LogP contribution in [0.3, 0.4) is 0 Å². The Morgan fingerprint density at radius 3 is 3.20 bits per heavy atom. The lowest BCUT2D eigenvalue weighted by atomic mass is 9.89. The number of methoxy groups -OCH3 is 1. The van der Waals surface area contributed by atoms with Crippen LogP contribution in [0, 0.1) is 0 Å². The standard InChI is InChI=1S/C15H21NO4/c1-18-13-9-15(20-10-13)5-3-6-16(11-15)14(17)8-12-4-2-7-19-12/h2,4,7,13H,3,5-6,8-11H2,1H3/t13-,15+/m0/s1. The molecule has 0 saturated carbocycles. The Bertz CT molecular complexity index is 458. The molecule has 5 heteroatoms. The summed E-state index contributed by atoms with van der Waals surface area (Å²) in [5, 5.41) is 0. The van der Waals surface area contributed by atoms with Crippen LogP contribution in [0.4, 0.5) is 0 Å². The highest BCUT2D eigenvalue weighted by Gasteiger charge is 2.44. The highest BCUT2D eigenvalue weighted by molar-refractivity contribution is 5.78. The van der Waals surface area contributed by atoms with Gasteiger partial charge in [0.05, 0.1) is 31.0 Å². The van der Waals surface area contributed by atoms with Gasteiger partial charge in [0.15, 0.2) is 0 Å². The van der Waals surface area contributed by atoms with Gasteiger partial charge >= 0.3 is 0 Å². The molecule has 20 heavy (non-hydrogen) atoms. The summed E-state index contributed by atoms with van der Waals surface area (Å²) in [4.78, 5) is 14.2. The Labute approximate surface area is 118 Å². The Balaban J connectivity index is 1.62. The summed E-state index contributed by atoms with van der Waals surface area (Å²) in [7, 11) is 1.72. The Morgan fingerprint density at radius 2 is 2.50 bits per heavy atom. The van der Waals surface area contributed by atoms with Crippen LogP contribution in [0.25, 0.3) is 0 Å². The molecule has 2 aliphatic rings. The minimum absolute atomic E-state index is 0.114. The first-order valence-electron chi connectivity index (χ1n) is 7.18. The SMILES string of the molecule is CO[C@@H]1CO[C@]2(CCCN(C(=O)Cc3ccco3)C2)C1. The zero-order valence-corrected chi connectivity index (χ0v) is 11.8. The van der Waals surface area contributed by atoms with Gasteiger partial charge < -0.3 is 18.8 Å². The summed E-state index contributed by atoms with van der Waals surface area (Å²) >= 11 is 0. The molecule has 0 unspecified atom stereocenters. The van der Waals surface area contributed by atoms with Crippen LogP contribution in [0.15, 0.2) is 22.8 Å². The second-order valence-corrected chi connectivity index (χ2v) is 5.73. The number of furan rings is 1. The van der Waals surface area contributed by atoms with E-state index < -0.39 is 0 Å². The molecule has 2 aliphatic heterocycles. The van der Waals surface area contributed by atoms with Crippen LogP contribution in [0.2, 0.25) is 0 Å². The van der Waals surface area contributed by atoms with Crippen molar-refractivity contribution in [2.75, 3.05) is 26.8 Å². The molecular weight excluding hydrogens is 258 g/mol. The number of carbonyl (C=O) groups is 1. The van der Waals surface area contributed by atoms with Gasteiger partial charge in [0, 0.05) is 26.6 Å². The molecule has 5 nitrogen and oxygen atoms in total. The van der Waals surface area contributed by atoms with Gasteiger partial charge in [0.25, 0.3) is 0 Å². The van der Waals surface area contributed by atoms with Crippen molar-refractivity contribution in [3.63, 3.8) is 0 Å². The Morgan fingerprint density at radius 1 is 1.60 bits per heavy atom. The number of nitrogens with zero attached hydrogens (tertiary/aromatic N) is 1. The lowest BCUT2D eigenvalue weighted by Gasteiger charge is -2.39. The van der Waals surface area contributed by atoms with Crippen molar-refractivity contribution in [3.8, 4) is 0 Å². The van der Waals surface area contributed by atoms with Crippen molar-refractivity contribution in [2.24, 2.45) is 0 Å². The number of likely N-dealkylation sites (tertiary alicyclic amines) is 1. The van der Waals surface area contributed by atoms with Crippen LogP contribution in [-0.2, 0) is 20.7 Å². The summed E-state index contributed by atoms with van der Waals surface area (Å²) in [6, 6.07) is 3.65. The summed E-state index contributed by atoms with van der Waals surface area (Å²) in [6.45, 7) is 2.12. The van der Waals surface area contributed by atoms with Gasteiger partial charge in [-0.25, -0.2) is 0 Å². The van der Waals surface area contributed by atoms with Crippen LogP contribution in [0.5, 0.6) is 0 Å². The first-order valence-corrected chi connectivity index (χ1v) is 7.18. The molecule has 2 fully saturated rings. The third-order valence-corrected chi connectivity index (χ3v) is 4.31. The normalized spacial score (nSPS) is 30.1. The van der Waals surface area contributed by atoms with Gasteiger partial charge in [-0.3, -0.25) is 4.79 Å². The number of amides is 1. The summed E-state index contributed by atoms with van der Waals surface area (Å²) in [5.74, 6) is 0.834. The van der Waals surface area contributed by atoms with E-state index in [0.717, 1.165) is 31.6 Å². The van der Waals surface area contributed by atoms with E-state index in [1.54, 1.807) is 13.4 Å². The van der Waals surface area contributed by atoms with Crippen molar-refractivity contribution in [1.82, 2.24) is 4.90 Å². The van der Waals surface area contributed by atoms with Crippen molar-refractivity contribution < 1.29 is 18.7 Å². The smallest absolute Gasteiger partial charge is 0.230 e. The zero-order valence-electron chi connectivity index (χ0n) is 11.8. The van der Waals surface area contributed by atoms with Crippen molar-refractivity contribution in [2.45, 2.75) is 37.4 Å². The van der Waals surface area contributed by atoms with Crippen LogP contribution >= 0.6 is 0 Å². The number of hydrogen-bond donors (Lipinski definition) is 0. The predicted molar refractivity (Wildman–Crippen MR) is 72.3 cm³/mol. The van der Waals surface area contributed by atoms with Crippen LogP contribution in [0.1, 0.15) is 25.0 Å². The molecule has 1 amide bonds. The van der Waals surface area contributed by atoms with Crippen molar-refractivity contribution >= 4 is 5.91 Å². The average molecular weight is 279 g/mol. The number of piperidine rings is 1. The molecule has 0 aromatic carbocycles. The summed E-state index contributed by atoms with van der Waals surface area (Å²) in [6.07, 6.45) is 4.97. The lowest BCUT2D eigenvalue weighted by molar-refractivity contribution is -0.138. The maximum Gasteiger partial charge on any atom is 0.230 e. The van der Waals surface area contributed by atoms with E-state index in [9.17, 15) is 4.79 Å². The molecule has 3 heterocycles. The fourth-order valence-electron chi connectivity index (χ4n) is 3.22. The monoisotopic (exact) mass is 279 g/mol. The first-order chi connectivity index (χ1) is 9.71. The molecule has 2 atom stereocenters. The van der Waals surface area contributed by atoms with E-state index in [1.165, 1.54) is 0 Å². The summed E-state index contributed by atoms with van der Waals surface area (Å²) in [5.41, 5.74) is -0.197. The minimum Gasteiger partial charge on any atom is -0.469 e. The van der Waals surface area contributed by atoms with Gasteiger partial charge in [0.1, 0.15) is 5.76 Å². The molecular formula is C15H21NO4. The highest BCUT2D eigenvalue weighted by Crippen LogP contribution is 2.35. The molecule has 2 saturated heterocycles. The van der Waals surface area contributed by atoms with Gasteiger partial charge in [-0.2, -0.15) is 0 Å². The van der Waals surface area contributed by atoms with Crippen LogP contribution < -0.4 is 0 Å². The van der Waals surface area contributed by atoms with E-state index in [2.05, 4.69) is 0 Å². The zero-order chi connectivity index (χ0) is 14.0. The molecule has 0 aliphatic carbocycles. The molecule has 110 valence electrons. The van der Waals surface area contributed by atoms with E-state index in [-0.39, 0.29) is 17.6 Å². The lowest BCUT2D eigenvalue weighted by Crippen LogP contribution is -2.50. The van der Waals surface area contributed by atoms with E-state index >= 15 is 0 Å². The van der Waals surface area contributed by atoms with Gasteiger partial charge in [-0.1, -0.05) is 0 Å². The van der Waals surface area contributed by atoms with E-state index in [0.29, 0.717) is 19.6 Å². The highest BCUT2D eigenvalue weighted by atomic mass is 16.6. The fraction of sp³-hybridized carbons (Fsp3) is 0.667. The van der Waals surface area contributed by atoms with E-state index in [1.807, 2.05) is 17.0 Å². The molecule has 0 radical (unpaired) electrons. The van der Waals surface area contributed by atoms with Crippen molar-refractivity contribution in [1.29, 1.82) is 0 Å². The summed E-state index contributed by atoms with van der Waals surface area (Å²) < 4.78 is 16.6. The molecule has 0 bridgehead atoms. The van der Waals surface area contributed by atoms with Crippen molar-refractivity contribution in [3.05, 3.63) is 24.2 Å². The third kappa shape index (κ3) is 2.74. The molecule has 0 N–H and O–H groups in total.